The van der Waals surface area contributed by atoms with Crippen molar-refractivity contribution in [2.45, 2.75) is 26.3 Å². The van der Waals surface area contributed by atoms with E-state index in [4.69, 9.17) is 9.57 Å². The maximum atomic E-state index is 12.8. The molecule has 0 fully saturated rings. The summed E-state index contributed by atoms with van der Waals surface area (Å²) < 4.78 is 7.56. The van der Waals surface area contributed by atoms with Gasteiger partial charge >= 0.3 is 0 Å². The van der Waals surface area contributed by atoms with Gasteiger partial charge in [0.15, 0.2) is 11.3 Å². The van der Waals surface area contributed by atoms with Crippen molar-refractivity contribution in [3.63, 3.8) is 0 Å². The van der Waals surface area contributed by atoms with Gasteiger partial charge in [0, 0.05) is 37.6 Å². The quantitative estimate of drug-likeness (QED) is 0.108. The third kappa shape index (κ3) is 9.06. The summed E-state index contributed by atoms with van der Waals surface area (Å²) in [5, 5.41) is 26.6. The molecule has 56 heavy (non-hydrogen) atoms. The highest BCUT2D eigenvalue weighted by molar-refractivity contribution is 5.88. The number of ether oxygens (including phenoxy) is 1. The topological polar surface area (TPSA) is 179 Å². The Labute approximate surface area is 319 Å². The molecule has 4 aromatic heterocycles. The van der Waals surface area contributed by atoms with E-state index < -0.39 is 5.56 Å². The van der Waals surface area contributed by atoms with Crippen molar-refractivity contribution in [2.24, 2.45) is 0 Å². The van der Waals surface area contributed by atoms with Gasteiger partial charge in [-0.2, -0.15) is 0 Å². The Morgan fingerprint density at radius 2 is 1.11 bits per heavy atom. The molecule has 0 spiro atoms. The Morgan fingerprint density at radius 1 is 0.589 bits per heavy atom. The van der Waals surface area contributed by atoms with Gasteiger partial charge in [-0.25, -0.2) is 19.9 Å². The van der Waals surface area contributed by atoms with Crippen LogP contribution in [-0.4, -0.2) is 39.7 Å². The average Bonchev–Trinajstić information content (AvgIpc) is 3.24. The molecular formula is C42H36N8O6. The number of hydrogen-bond donors (Lipinski definition) is 4. The predicted molar refractivity (Wildman–Crippen MR) is 211 cm³/mol. The summed E-state index contributed by atoms with van der Waals surface area (Å²) in [5.74, 6) is 0.995. The summed E-state index contributed by atoms with van der Waals surface area (Å²) in [4.78, 5) is 46.6. The Hall–Kier alpha value is -7.74. The summed E-state index contributed by atoms with van der Waals surface area (Å²) in [6.07, 6.45) is 5.86. The molecule has 0 aliphatic heterocycles. The van der Waals surface area contributed by atoms with Gasteiger partial charge in [0.05, 0.1) is 22.1 Å². The van der Waals surface area contributed by atoms with Crippen LogP contribution >= 0.6 is 0 Å². The Kier molecular flexibility index (Phi) is 11.4. The number of rotatable bonds is 12. The number of anilines is 2. The zero-order valence-corrected chi connectivity index (χ0v) is 29.9. The lowest BCUT2D eigenvalue weighted by Crippen LogP contribution is -2.27. The van der Waals surface area contributed by atoms with Gasteiger partial charge in [0.1, 0.15) is 37.4 Å². The molecule has 8 aromatic rings. The van der Waals surface area contributed by atoms with E-state index in [9.17, 15) is 19.9 Å². The monoisotopic (exact) mass is 748 g/mol. The minimum Gasteiger partial charge on any atom is -0.508 e. The van der Waals surface area contributed by atoms with E-state index in [1.165, 1.54) is 35.7 Å². The van der Waals surface area contributed by atoms with E-state index in [1.54, 1.807) is 30.5 Å². The molecule has 4 heterocycles. The highest BCUT2D eigenvalue weighted by Crippen LogP contribution is 2.22. The fraction of sp³-hybridized carbons (Fsp3) is 0.0952. The van der Waals surface area contributed by atoms with E-state index in [0.29, 0.717) is 52.2 Å². The molecule has 8 rings (SSSR count). The standard InChI is InChI=1S/C28H24N4O3.C14H12N4O3/c33-27-15-26(25-17-29-20-31-28(25)32(27)35-19-23-9-5-2-6-10-23)30-16-21-11-13-24(14-12-21)34-18-22-7-3-1-4-8-22;19-10-3-1-9(2-4-10)6-16-12-5-13(20)18(21)14-11(12)7-15-8-17-14/h1-15,17,20,30H,16,18-19H2;1-5,7-8,16,19,21H,6H2. The molecule has 14 nitrogen and oxygen atoms in total. The third-order valence-corrected chi connectivity index (χ3v) is 8.58. The predicted octanol–water partition coefficient (Wildman–Crippen LogP) is 5.96. The van der Waals surface area contributed by atoms with E-state index in [1.807, 2.05) is 84.9 Å². The number of fused-ring (bicyclic) bond motifs is 2. The summed E-state index contributed by atoms with van der Waals surface area (Å²) in [7, 11) is 0. The molecule has 4 N–H and O–H groups in total. The largest absolute Gasteiger partial charge is 0.508 e. The van der Waals surface area contributed by atoms with Crippen LogP contribution in [0.2, 0.25) is 0 Å². The molecule has 0 unspecified atom stereocenters. The van der Waals surface area contributed by atoms with Crippen LogP contribution in [0.1, 0.15) is 22.3 Å². The molecule has 14 heteroatoms. The first-order chi connectivity index (χ1) is 27.4. The van der Waals surface area contributed by atoms with Crippen molar-refractivity contribution >= 4 is 33.4 Å². The van der Waals surface area contributed by atoms with Crippen molar-refractivity contribution in [3.05, 3.63) is 189 Å². The number of hydrogen-bond acceptors (Lipinski definition) is 12. The van der Waals surface area contributed by atoms with Gasteiger partial charge in [-0.05, 0) is 46.5 Å². The molecule has 4 aromatic carbocycles. The van der Waals surface area contributed by atoms with E-state index in [2.05, 4.69) is 30.6 Å². The highest BCUT2D eigenvalue weighted by Gasteiger charge is 2.12. The minimum atomic E-state index is -0.575. The van der Waals surface area contributed by atoms with Crippen molar-refractivity contribution < 1.29 is 19.9 Å². The van der Waals surface area contributed by atoms with Crippen LogP contribution in [0.25, 0.3) is 22.1 Å². The number of nitrogens with one attached hydrogen (secondary N) is 2. The second kappa shape index (κ2) is 17.4. The normalized spacial score (nSPS) is 10.7. The maximum Gasteiger partial charge on any atom is 0.287 e. The van der Waals surface area contributed by atoms with Crippen molar-refractivity contribution in [3.8, 4) is 11.5 Å². The van der Waals surface area contributed by atoms with Gasteiger partial charge in [-0.3, -0.25) is 9.59 Å². The fourth-order valence-corrected chi connectivity index (χ4v) is 5.67. The third-order valence-electron chi connectivity index (χ3n) is 8.58. The lowest BCUT2D eigenvalue weighted by Gasteiger charge is -2.14. The second-order valence-corrected chi connectivity index (χ2v) is 12.5. The number of phenolic OH excluding ortho intramolecular Hbond substituents is 1. The van der Waals surface area contributed by atoms with Gasteiger partial charge in [0.2, 0.25) is 0 Å². The Bertz CT molecular complexity index is 2660. The number of aromatic hydroxyl groups is 1. The highest BCUT2D eigenvalue weighted by atomic mass is 16.7. The Balaban J connectivity index is 0.000000195. The summed E-state index contributed by atoms with van der Waals surface area (Å²) in [6, 6.07) is 37.1. The van der Waals surface area contributed by atoms with E-state index in [-0.39, 0.29) is 23.6 Å². The van der Waals surface area contributed by atoms with Crippen molar-refractivity contribution in [2.75, 3.05) is 10.6 Å². The number of pyridine rings is 2. The SMILES string of the molecule is O=c1cc(NCc2ccc(O)cc2)c2cncnc2n1O.O=c1cc(NCc2ccc(OCc3ccccc3)cc2)c2cncnc2n1OCc1ccccc1. The molecule has 0 radical (unpaired) electrons. The number of aromatic nitrogens is 6. The summed E-state index contributed by atoms with van der Waals surface area (Å²) in [6.45, 7) is 1.76. The minimum absolute atomic E-state index is 0.144. The molecular weight excluding hydrogens is 713 g/mol. The molecule has 0 aliphatic rings. The van der Waals surface area contributed by atoms with Crippen molar-refractivity contribution in [1.29, 1.82) is 0 Å². The second-order valence-electron chi connectivity index (χ2n) is 12.5. The zero-order chi connectivity index (χ0) is 38.7. The van der Waals surface area contributed by atoms with Crippen molar-refractivity contribution in [1.82, 2.24) is 29.4 Å². The number of phenols is 1. The molecule has 0 saturated heterocycles. The smallest absolute Gasteiger partial charge is 0.287 e. The average molecular weight is 749 g/mol. The Morgan fingerprint density at radius 3 is 1.71 bits per heavy atom. The van der Waals surface area contributed by atoms with Crippen LogP contribution in [-0.2, 0) is 26.3 Å². The van der Waals surface area contributed by atoms with Crippen LogP contribution in [0.4, 0.5) is 11.4 Å². The molecule has 0 saturated carbocycles. The summed E-state index contributed by atoms with van der Waals surface area (Å²) in [5.41, 5.74) is 4.92. The first-order valence-corrected chi connectivity index (χ1v) is 17.5. The van der Waals surface area contributed by atoms with Crippen LogP contribution in [0.5, 0.6) is 11.5 Å². The zero-order valence-electron chi connectivity index (χ0n) is 29.9. The molecule has 0 aliphatic carbocycles. The number of nitrogens with zero attached hydrogens (tertiary/aromatic N) is 6. The van der Waals surface area contributed by atoms with E-state index in [0.717, 1.165) is 28.0 Å². The molecule has 0 atom stereocenters. The first-order valence-electron chi connectivity index (χ1n) is 17.5. The van der Waals surface area contributed by atoms with Crippen LogP contribution < -0.4 is 31.3 Å². The van der Waals surface area contributed by atoms with Crippen LogP contribution in [0.15, 0.2) is 156 Å². The lowest BCUT2D eigenvalue weighted by atomic mass is 10.2. The summed E-state index contributed by atoms with van der Waals surface area (Å²) >= 11 is 0. The van der Waals surface area contributed by atoms with E-state index >= 15 is 0 Å². The number of benzene rings is 4. The lowest BCUT2D eigenvalue weighted by molar-refractivity contribution is 0.0980. The van der Waals surface area contributed by atoms with Crippen LogP contribution in [0, 0.1) is 0 Å². The molecule has 0 bridgehead atoms. The first kappa shape index (κ1) is 36.6. The molecule has 280 valence electrons. The van der Waals surface area contributed by atoms with Gasteiger partial charge < -0.3 is 30.5 Å². The van der Waals surface area contributed by atoms with Gasteiger partial charge in [0.25, 0.3) is 11.1 Å². The fourth-order valence-electron chi connectivity index (χ4n) is 5.67. The van der Waals surface area contributed by atoms with Gasteiger partial charge in [-0.15, -0.1) is 9.46 Å². The maximum absolute atomic E-state index is 12.8. The molecule has 0 amide bonds. The van der Waals surface area contributed by atoms with Crippen LogP contribution in [0.3, 0.4) is 0 Å². The van der Waals surface area contributed by atoms with Gasteiger partial charge in [-0.1, -0.05) is 84.9 Å².